The summed E-state index contributed by atoms with van der Waals surface area (Å²) in [7, 11) is 0. The summed E-state index contributed by atoms with van der Waals surface area (Å²) in [5.41, 5.74) is 2.75. The van der Waals surface area contributed by atoms with E-state index in [4.69, 9.17) is 0 Å². The van der Waals surface area contributed by atoms with Crippen molar-refractivity contribution in [1.29, 1.82) is 0 Å². The van der Waals surface area contributed by atoms with Gasteiger partial charge < -0.3 is 9.88 Å². The lowest BCUT2D eigenvalue weighted by molar-refractivity contribution is 0.344. The van der Waals surface area contributed by atoms with Crippen LogP contribution in [0.25, 0.3) is 21.8 Å². The van der Waals surface area contributed by atoms with Crippen molar-refractivity contribution in [3.63, 3.8) is 0 Å². The second-order valence-electron chi connectivity index (χ2n) is 5.86. The number of benzene rings is 2. The highest BCUT2D eigenvalue weighted by molar-refractivity contribution is 6.07. The molecule has 0 saturated carbocycles. The van der Waals surface area contributed by atoms with Crippen LogP contribution in [0.2, 0.25) is 0 Å². The van der Waals surface area contributed by atoms with Crippen molar-refractivity contribution in [3.8, 4) is 0 Å². The average Bonchev–Trinajstić information content (AvgIpc) is 2.84. The zero-order valence-electron chi connectivity index (χ0n) is 11.7. The van der Waals surface area contributed by atoms with E-state index in [1.54, 1.807) is 0 Å². The molecule has 2 nitrogen and oxygen atoms in total. The van der Waals surface area contributed by atoms with Crippen LogP contribution in [0.1, 0.15) is 12.8 Å². The Morgan fingerprint density at radius 1 is 0.950 bits per heavy atom. The van der Waals surface area contributed by atoms with E-state index in [1.165, 1.54) is 41.2 Å². The van der Waals surface area contributed by atoms with Crippen LogP contribution in [-0.2, 0) is 6.54 Å². The van der Waals surface area contributed by atoms with E-state index >= 15 is 0 Å². The summed E-state index contributed by atoms with van der Waals surface area (Å²) in [5, 5.41) is 6.29. The number of aromatic nitrogens is 1. The fourth-order valence-corrected chi connectivity index (χ4v) is 3.54. The Kier molecular flexibility index (Phi) is 2.96. The van der Waals surface area contributed by atoms with Gasteiger partial charge in [-0.25, -0.2) is 0 Å². The summed E-state index contributed by atoms with van der Waals surface area (Å²) in [5.74, 6) is 0.753. The van der Waals surface area contributed by atoms with Crippen LogP contribution in [-0.4, -0.2) is 17.7 Å². The van der Waals surface area contributed by atoms with E-state index in [1.807, 2.05) is 0 Å². The molecule has 1 fully saturated rings. The molecule has 1 aromatic heterocycles. The van der Waals surface area contributed by atoms with Gasteiger partial charge in [0.25, 0.3) is 0 Å². The molecule has 1 saturated heterocycles. The smallest absolute Gasteiger partial charge is 0.0491 e. The molecule has 2 heterocycles. The van der Waals surface area contributed by atoms with Crippen LogP contribution in [0.4, 0.5) is 0 Å². The molecule has 1 aliphatic rings. The van der Waals surface area contributed by atoms with E-state index in [0.717, 1.165) is 19.0 Å². The third kappa shape index (κ3) is 1.92. The number of piperidine rings is 1. The van der Waals surface area contributed by atoms with Crippen molar-refractivity contribution in [2.45, 2.75) is 19.4 Å². The summed E-state index contributed by atoms with van der Waals surface area (Å²) >= 11 is 0. The van der Waals surface area contributed by atoms with Crippen molar-refractivity contribution >= 4 is 21.8 Å². The molecule has 1 N–H and O–H groups in total. The Labute approximate surface area is 119 Å². The molecule has 2 aromatic carbocycles. The molecule has 2 heteroatoms. The number of para-hydroxylation sites is 2. The van der Waals surface area contributed by atoms with Crippen molar-refractivity contribution in [1.82, 2.24) is 9.88 Å². The Morgan fingerprint density at radius 3 is 2.20 bits per heavy atom. The Hall–Kier alpha value is -1.80. The summed E-state index contributed by atoms with van der Waals surface area (Å²) < 4.78 is 2.52. The van der Waals surface area contributed by atoms with Crippen LogP contribution in [0.15, 0.2) is 48.5 Å². The second-order valence-corrected chi connectivity index (χ2v) is 5.86. The SMILES string of the molecule is c1ccc2c(c1)c1ccccc1n2CC1CCCNC1. The molecule has 102 valence electrons. The highest BCUT2D eigenvalue weighted by atomic mass is 15.0. The Morgan fingerprint density at radius 2 is 1.60 bits per heavy atom. The quantitative estimate of drug-likeness (QED) is 0.745. The predicted molar refractivity (Wildman–Crippen MR) is 85.0 cm³/mol. The molecule has 0 amide bonds. The minimum atomic E-state index is 0.753. The first-order chi connectivity index (χ1) is 9.93. The number of nitrogens with one attached hydrogen (secondary N) is 1. The first-order valence-electron chi connectivity index (χ1n) is 7.60. The molecular formula is C18H20N2. The van der Waals surface area contributed by atoms with Gasteiger partial charge in [0.15, 0.2) is 0 Å². The summed E-state index contributed by atoms with van der Waals surface area (Å²) in [6, 6.07) is 17.6. The van der Waals surface area contributed by atoms with E-state index in [9.17, 15) is 0 Å². The molecule has 0 radical (unpaired) electrons. The van der Waals surface area contributed by atoms with Gasteiger partial charge in [-0.1, -0.05) is 36.4 Å². The minimum absolute atomic E-state index is 0.753. The third-order valence-electron chi connectivity index (χ3n) is 4.52. The van der Waals surface area contributed by atoms with Gasteiger partial charge in [0.05, 0.1) is 0 Å². The monoisotopic (exact) mass is 264 g/mol. The first-order valence-corrected chi connectivity index (χ1v) is 7.60. The Bertz CT molecular complexity index is 682. The molecule has 4 rings (SSSR count). The lowest BCUT2D eigenvalue weighted by Crippen LogP contribution is -2.32. The standard InChI is InChI=1S/C18H20N2/c1-3-9-17-15(7-1)16-8-2-4-10-18(16)20(17)13-14-6-5-11-19-12-14/h1-4,7-10,14,19H,5-6,11-13H2. The predicted octanol–water partition coefficient (Wildman–Crippen LogP) is 3.79. The number of hydrogen-bond donors (Lipinski definition) is 1. The number of hydrogen-bond acceptors (Lipinski definition) is 1. The molecule has 1 unspecified atom stereocenters. The highest BCUT2D eigenvalue weighted by Crippen LogP contribution is 2.30. The van der Waals surface area contributed by atoms with Crippen LogP contribution in [0, 0.1) is 5.92 Å². The minimum Gasteiger partial charge on any atom is -0.340 e. The maximum Gasteiger partial charge on any atom is 0.0491 e. The largest absolute Gasteiger partial charge is 0.340 e. The molecule has 3 aromatic rings. The highest BCUT2D eigenvalue weighted by Gasteiger charge is 2.16. The van der Waals surface area contributed by atoms with Gasteiger partial charge in [-0.15, -0.1) is 0 Å². The number of rotatable bonds is 2. The summed E-state index contributed by atoms with van der Waals surface area (Å²) in [4.78, 5) is 0. The first kappa shape index (κ1) is 12.0. The van der Waals surface area contributed by atoms with Crippen molar-refractivity contribution in [3.05, 3.63) is 48.5 Å². The van der Waals surface area contributed by atoms with Gasteiger partial charge >= 0.3 is 0 Å². The molecule has 1 aliphatic heterocycles. The Balaban J connectivity index is 1.86. The van der Waals surface area contributed by atoms with Crippen molar-refractivity contribution in [2.24, 2.45) is 5.92 Å². The van der Waals surface area contributed by atoms with E-state index < -0.39 is 0 Å². The summed E-state index contributed by atoms with van der Waals surface area (Å²) in [6.07, 6.45) is 2.65. The molecule has 0 aliphatic carbocycles. The van der Waals surface area contributed by atoms with Gasteiger partial charge in [-0.3, -0.25) is 0 Å². The molecule has 1 atom stereocenters. The fourth-order valence-electron chi connectivity index (χ4n) is 3.54. The third-order valence-corrected chi connectivity index (χ3v) is 4.52. The van der Waals surface area contributed by atoms with Crippen molar-refractivity contribution in [2.75, 3.05) is 13.1 Å². The topological polar surface area (TPSA) is 17.0 Å². The van der Waals surface area contributed by atoms with Crippen LogP contribution in [0.5, 0.6) is 0 Å². The van der Waals surface area contributed by atoms with Gasteiger partial charge in [0.1, 0.15) is 0 Å². The maximum atomic E-state index is 3.53. The number of nitrogens with zero attached hydrogens (tertiary/aromatic N) is 1. The zero-order valence-corrected chi connectivity index (χ0v) is 11.7. The lowest BCUT2D eigenvalue weighted by Gasteiger charge is -2.24. The van der Waals surface area contributed by atoms with Crippen LogP contribution < -0.4 is 5.32 Å². The van der Waals surface area contributed by atoms with Crippen LogP contribution >= 0.6 is 0 Å². The molecule has 0 spiro atoms. The van der Waals surface area contributed by atoms with Gasteiger partial charge in [-0.05, 0) is 44.0 Å². The van der Waals surface area contributed by atoms with Crippen molar-refractivity contribution < 1.29 is 0 Å². The zero-order chi connectivity index (χ0) is 13.4. The molecular weight excluding hydrogens is 244 g/mol. The fraction of sp³-hybridized carbons (Fsp3) is 0.333. The molecule has 20 heavy (non-hydrogen) atoms. The van der Waals surface area contributed by atoms with E-state index in [-0.39, 0.29) is 0 Å². The van der Waals surface area contributed by atoms with Gasteiger partial charge in [0.2, 0.25) is 0 Å². The van der Waals surface area contributed by atoms with E-state index in [0.29, 0.717) is 0 Å². The maximum absolute atomic E-state index is 3.53. The van der Waals surface area contributed by atoms with Gasteiger partial charge in [0, 0.05) is 28.4 Å². The molecule has 0 bridgehead atoms. The van der Waals surface area contributed by atoms with Gasteiger partial charge in [-0.2, -0.15) is 0 Å². The van der Waals surface area contributed by atoms with E-state index in [2.05, 4.69) is 58.4 Å². The second kappa shape index (κ2) is 4.95. The normalized spacial score (nSPS) is 19.7. The number of fused-ring (bicyclic) bond motifs is 3. The average molecular weight is 264 g/mol. The summed E-state index contributed by atoms with van der Waals surface area (Å²) in [6.45, 7) is 3.46. The lowest BCUT2D eigenvalue weighted by atomic mass is 9.99. The van der Waals surface area contributed by atoms with Crippen LogP contribution in [0.3, 0.4) is 0 Å².